The number of aliphatic hydroxyl groups is 4. The third-order valence-electron chi connectivity index (χ3n) is 5.65. The first-order chi connectivity index (χ1) is 13.6. The zero-order valence-corrected chi connectivity index (χ0v) is 17.8. The lowest BCUT2D eigenvalue weighted by Crippen LogP contribution is -2.59. The molecule has 1 fully saturated rings. The molecule has 1 rings (SSSR count). The van der Waals surface area contributed by atoms with Crippen molar-refractivity contribution < 1.29 is 29.9 Å². The molecule has 168 valence electrons. The van der Waals surface area contributed by atoms with Crippen LogP contribution in [0.4, 0.5) is 0 Å². The Kier molecular flexibility index (Phi) is 15.2. The molecule has 0 aromatic heterocycles. The average molecular weight is 405 g/mol. The maximum Gasteiger partial charge on any atom is 0.184 e. The van der Waals surface area contributed by atoms with E-state index in [1.54, 1.807) is 0 Å². The van der Waals surface area contributed by atoms with Crippen molar-refractivity contribution in [1.29, 1.82) is 0 Å². The van der Waals surface area contributed by atoms with E-state index in [1.807, 2.05) is 0 Å². The normalized spacial score (nSPS) is 28.0. The van der Waals surface area contributed by atoms with Crippen LogP contribution in [0.5, 0.6) is 0 Å². The molecular formula is C22H44O6. The summed E-state index contributed by atoms with van der Waals surface area (Å²) in [5, 5.41) is 38.7. The molecule has 28 heavy (non-hydrogen) atoms. The Labute approximate surface area is 171 Å². The Morgan fingerprint density at radius 1 is 0.679 bits per heavy atom. The quantitative estimate of drug-likeness (QED) is 0.278. The van der Waals surface area contributed by atoms with E-state index in [0.717, 1.165) is 12.8 Å². The first-order valence-electron chi connectivity index (χ1n) is 11.5. The standard InChI is InChI=1S/C22H44O6/c1-2-3-4-5-6-7-8-9-10-11-12-13-14-15-16-27-21-20(25)19(24)18(17-23)28-22(21)26/h18-26H,2-17H2,1H3/t18-,19-,20+,21-,22?/m1/s1. The minimum atomic E-state index is -1.33. The molecular weight excluding hydrogens is 360 g/mol. The van der Waals surface area contributed by atoms with Crippen molar-refractivity contribution in [1.82, 2.24) is 0 Å². The second-order valence-corrected chi connectivity index (χ2v) is 8.16. The number of aliphatic hydroxyl groups excluding tert-OH is 4. The summed E-state index contributed by atoms with van der Waals surface area (Å²) < 4.78 is 10.6. The molecule has 0 bridgehead atoms. The van der Waals surface area contributed by atoms with Crippen LogP contribution in [0.1, 0.15) is 96.8 Å². The van der Waals surface area contributed by atoms with Crippen LogP contribution in [0.25, 0.3) is 0 Å². The zero-order valence-electron chi connectivity index (χ0n) is 17.8. The Hall–Kier alpha value is -0.240. The maximum atomic E-state index is 10.00. The van der Waals surface area contributed by atoms with Crippen molar-refractivity contribution in [2.75, 3.05) is 13.2 Å². The molecule has 1 saturated heterocycles. The molecule has 0 amide bonds. The smallest absolute Gasteiger partial charge is 0.184 e. The highest BCUT2D eigenvalue weighted by atomic mass is 16.7. The van der Waals surface area contributed by atoms with E-state index in [-0.39, 0.29) is 0 Å². The Bertz CT molecular complexity index is 354. The summed E-state index contributed by atoms with van der Waals surface area (Å²) in [5.74, 6) is 0. The van der Waals surface area contributed by atoms with Crippen LogP contribution >= 0.6 is 0 Å². The largest absolute Gasteiger partial charge is 0.394 e. The van der Waals surface area contributed by atoms with Crippen LogP contribution < -0.4 is 0 Å². The highest BCUT2D eigenvalue weighted by Gasteiger charge is 2.44. The van der Waals surface area contributed by atoms with Gasteiger partial charge in [-0.15, -0.1) is 0 Å². The molecule has 1 aliphatic rings. The number of rotatable bonds is 17. The Morgan fingerprint density at radius 2 is 1.14 bits per heavy atom. The van der Waals surface area contributed by atoms with Gasteiger partial charge < -0.3 is 29.9 Å². The molecule has 0 aromatic rings. The number of ether oxygens (including phenoxy) is 2. The van der Waals surface area contributed by atoms with Crippen LogP contribution in [0, 0.1) is 0 Å². The van der Waals surface area contributed by atoms with E-state index in [2.05, 4.69) is 6.92 Å². The van der Waals surface area contributed by atoms with Gasteiger partial charge >= 0.3 is 0 Å². The van der Waals surface area contributed by atoms with E-state index < -0.39 is 37.3 Å². The fourth-order valence-electron chi connectivity index (χ4n) is 3.77. The highest BCUT2D eigenvalue weighted by molar-refractivity contribution is 4.89. The molecule has 1 unspecified atom stereocenters. The van der Waals surface area contributed by atoms with E-state index in [1.165, 1.54) is 77.0 Å². The van der Waals surface area contributed by atoms with Gasteiger partial charge in [-0.2, -0.15) is 0 Å². The monoisotopic (exact) mass is 404 g/mol. The Morgan fingerprint density at radius 3 is 1.61 bits per heavy atom. The Balaban J connectivity index is 1.90. The molecule has 0 spiro atoms. The van der Waals surface area contributed by atoms with Gasteiger partial charge in [-0.05, 0) is 6.42 Å². The lowest BCUT2D eigenvalue weighted by atomic mass is 9.99. The molecule has 0 aliphatic carbocycles. The van der Waals surface area contributed by atoms with Crippen LogP contribution in [-0.4, -0.2) is 64.3 Å². The van der Waals surface area contributed by atoms with E-state index in [0.29, 0.717) is 6.61 Å². The molecule has 6 heteroatoms. The maximum absolute atomic E-state index is 10.00. The fraction of sp³-hybridized carbons (Fsp3) is 1.00. The zero-order chi connectivity index (χ0) is 20.6. The van der Waals surface area contributed by atoms with Gasteiger partial charge in [0.15, 0.2) is 6.29 Å². The minimum Gasteiger partial charge on any atom is -0.394 e. The molecule has 4 N–H and O–H groups in total. The van der Waals surface area contributed by atoms with Crippen LogP contribution in [0.2, 0.25) is 0 Å². The molecule has 6 nitrogen and oxygen atoms in total. The summed E-state index contributed by atoms with van der Waals surface area (Å²) in [6, 6.07) is 0. The summed E-state index contributed by atoms with van der Waals surface area (Å²) in [4.78, 5) is 0. The topological polar surface area (TPSA) is 99.4 Å². The van der Waals surface area contributed by atoms with Crippen LogP contribution in [-0.2, 0) is 9.47 Å². The second kappa shape index (κ2) is 16.5. The summed E-state index contributed by atoms with van der Waals surface area (Å²) in [6.07, 6.45) is 12.1. The van der Waals surface area contributed by atoms with E-state index in [4.69, 9.17) is 14.6 Å². The summed E-state index contributed by atoms with van der Waals surface area (Å²) in [7, 11) is 0. The molecule has 0 aromatic carbocycles. The lowest BCUT2D eigenvalue weighted by Gasteiger charge is -2.39. The molecule has 5 atom stereocenters. The van der Waals surface area contributed by atoms with Crippen molar-refractivity contribution in [3.63, 3.8) is 0 Å². The van der Waals surface area contributed by atoms with Gasteiger partial charge in [0.25, 0.3) is 0 Å². The first kappa shape index (κ1) is 25.8. The van der Waals surface area contributed by atoms with E-state index >= 15 is 0 Å². The number of unbranched alkanes of at least 4 members (excludes halogenated alkanes) is 13. The predicted octanol–water partition coefficient (Wildman–Crippen LogP) is 3.28. The number of hydrogen-bond acceptors (Lipinski definition) is 6. The SMILES string of the molecule is CCCCCCCCCCCCCCCCO[C@H]1C(O)O[C@H](CO)[C@@H](O)[C@@H]1O. The molecule has 0 saturated carbocycles. The van der Waals surface area contributed by atoms with Crippen molar-refractivity contribution in [3.8, 4) is 0 Å². The molecule has 1 aliphatic heterocycles. The van der Waals surface area contributed by atoms with Crippen LogP contribution in [0.3, 0.4) is 0 Å². The third-order valence-corrected chi connectivity index (χ3v) is 5.65. The van der Waals surface area contributed by atoms with Crippen molar-refractivity contribution >= 4 is 0 Å². The summed E-state index contributed by atoms with van der Waals surface area (Å²) in [6.45, 7) is 2.21. The van der Waals surface area contributed by atoms with Crippen LogP contribution in [0.15, 0.2) is 0 Å². The predicted molar refractivity (Wildman–Crippen MR) is 110 cm³/mol. The van der Waals surface area contributed by atoms with Gasteiger partial charge in [0.2, 0.25) is 0 Å². The molecule has 0 radical (unpaired) electrons. The molecule has 1 heterocycles. The second-order valence-electron chi connectivity index (χ2n) is 8.16. The lowest BCUT2D eigenvalue weighted by molar-refractivity contribution is -0.296. The highest BCUT2D eigenvalue weighted by Crippen LogP contribution is 2.22. The van der Waals surface area contributed by atoms with Crippen molar-refractivity contribution in [2.45, 2.75) is 128 Å². The first-order valence-corrected chi connectivity index (χ1v) is 11.5. The summed E-state index contributed by atoms with van der Waals surface area (Å²) in [5.41, 5.74) is 0. The van der Waals surface area contributed by atoms with E-state index in [9.17, 15) is 15.3 Å². The number of hydrogen-bond donors (Lipinski definition) is 4. The van der Waals surface area contributed by atoms with Crippen molar-refractivity contribution in [2.24, 2.45) is 0 Å². The van der Waals surface area contributed by atoms with Crippen molar-refractivity contribution in [3.05, 3.63) is 0 Å². The van der Waals surface area contributed by atoms with Gasteiger partial charge in [0, 0.05) is 6.61 Å². The minimum absolute atomic E-state index is 0.413. The third kappa shape index (κ3) is 10.5. The fourth-order valence-corrected chi connectivity index (χ4v) is 3.77. The average Bonchev–Trinajstić information content (AvgIpc) is 2.69. The van der Waals surface area contributed by atoms with Gasteiger partial charge in [-0.25, -0.2) is 0 Å². The van der Waals surface area contributed by atoms with Gasteiger partial charge in [0.05, 0.1) is 6.61 Å². The summed E-state index contributed by atoms with van der Waals surface area (Å²) >= 11 is 0. The van der Waals surface area contributed by atoms with Gasteiger partial charge in [0.1, 0.15) is 24.4 Å². The van der Waals surface area contributed by atoms with Gasteiger partial charge in [-0.3, -0.25) is 0 Å². The van der Waals surface area contributed by atoms with Gasteiger partial charge in [-0.1, -0.05) is 90.4 Å².